The zero-order valence-electron chi connectivity index (χ0n) is 9.35. The maximum atomic E-state index is 12.0. The number of hydrogen-bond donors (Lipinski definition) is 2. The third-order valence-corrected chi connectivity index (χ3v) is 5.65. The Morgan fingerprint density at radius 2 is 2.21 bits per heavy atom. The number of hydrogen-bond acceptors (Lipinski definition) is 9. The van der Waals surface area contributed by atoms with E-state index in [1.807, 2.05) is 0 Å². The molecule has 0 radical (unpaired) electrons. The second-order valence-corrected chi connectivity index (χ2v) is 6.93. The van der Waals surface area contributed by atoms with Crippen molar-refractivity contribution >= 4 is 48.5 Å². The van der Waals surface area contributed by atoms with Crippen molar-refractivity contribution in [3.63, 3.8) is 0 Å². The van der Waals surface area contributed by atoms with Crippen LogP contribution in [0.1, 0.15) is 0 Å². The second-order valence-electron chi connectivity index (χ2n) is 3.14. The Kier molecular flexibility index (Phi) is 3.64. The topological polar surface area (TPSA) is 127 Å². The fourth-order valence-corrected chi connectivity index (χ4v) is 4.16. The van der Waals surface area contributed by atoms with E-state index in [-0.39, 0.29) is 20.0 Å². The number of sulfonamides is 1. The molecule has 0 aliphatic rings. The molecule has 0 unspecified atom stereocenters. The lowest BCUT2D eigenvalue weighted by atomic mass is 10.5. The number of nitrogens with zero attached hydrogens (tertiary/aromatic N) is 3. The molecule has 19 heavy (non-hydrogen) atoms. The van der Waals surface area contributed by atoms with Crippen LogP contribution in [-0.4, -0.2) is 30.6 Å². The van der Waals surface area contributed by atoms with Gasteiger partial charge in [-0.1, -0.05) is 22.7 Å². The Bertz CT molecular complexity index is 692. The third kappa shape index (κ3) is 2.80. The molecule has 2 rings (SSSR count). The molecule has 2 N–H and O–H groups in total. The molecular weight excluding hydrogens is 314 g/mol. The Labute approximate surface area is 115 Å². The molecule has 12 heteroatoms. The van der Waals surface area contributed by atoms with Crippen LogP contribution in [0.2, 0.25) is 0 Å². The van der Waals surface area contributed by atoms with E-state index in [1.54, 1.807) is 0 Å². The lowest BCUT2D eigenvalue weighted by Crippen LogP contribution is -2.11. The summed E-state index contributed by atoms with van der Waals surface area (Å²) in [5, 5.41) is 20.7. The van der Waals surface area contributed by atoms with Gasteiger partial charge in [0.05, 0.1) is 4.92 Å². The van der Waals surface area contributed by atoms with Gasteiger partial charge in [-0.15, -0.1) is 10.2 Å². The lowest BCUT2D eigenvalue weighted by Gasteiger charge is -2.00. The van der Waals surface area contributed by atoms with Crippen LogP contribution in [0.3, 0.4) is 0 Å². The fraction of sp³-hybridized carbons (Fsp3) is 0.143. The molecule has 2 aromatic rings. The van der Waals surface area contributed by atoms with E-state index in [2.05, 4.69) is 20.2 Å². The van der Waals surface area contributed by atoms with E-state index >= 15 is 0 Å². The standard InChI is InChI=1S/C7H7N5O4S3/c1-8-6-4(12(13)14)2-5(18-6)19(15,16)11-7-10-9-3-17-7/h2-3,8H,1H3,(H,10,11). The predicted octanol–water partition coefficient (Wildman–Crippen LogP) is 1.35. The number of thiophene rings is 1. The van der Waals surface area contributed by atoms with Crippen LogP contribution in [0, 0.1) is 10.1 Å². The van der Waals surface area contributed by atoms with E-state index in [0.717, 1.165) is 28.7 Å². The van der Waals surface area contributed by atoms with Crippen LogP contribution in [0.5, 0.6) is 0 Å². The van der Waals surface area contributed by atoms with Gasteiger partial charge in [-0.25, -0.2) is 8.42 Å². The molecule has 0 aromatic carbocycles. The fourth-order valence-electron chi connectivity index (χ4n) is 1.19. The average Bonchev–Trinajstić information content (AvgIpc) is 2.95. The SMILES string of the molecule is CNc1sc(S(=O)(=O)Nc2nncs2)cc1[N+](=O)[O-]. The first-order valence-electron chi connectivity index (χ1n) is 4.69. The van der Waals surface area contributed by atoms with Gasteiger partial charge in [0.15, 0.2) is 5.00 Å². The number of anilines is 2. The van der Waals surface area contributed by atoms with E-state index < -0.39 is 14.9 Å². The summed E-state index contributed by atoms with van der Waals surface area (Å²) in [6, 6.07) is 1.000. The molecule has 0 spiro atoms. The highest BCUT2D eigenvalue weighted by molar-refractivity contribution is 7.95. The Morgan fingerprint density at radius 3 is 2.68 bits per heavy atom. The van der Waals surface area contributed by atoms with Gasteiger partial charge in [0.25, 0.3) is 10.0 Å². The normalized spacial score (nSPS) is 11.2. The molecule has 9 nitrogen and oxygen atoms in total. The number of rotatable bonds is 5. The van der Waals surface area contributed by atoms with E-state index in [0.29, 0.717) is 0 Å². The minimum Gasteiger partial charge on any atom is -0.374 e. The van der Waals surface area contributed by atoms with E-state index in [1.165, 1.54) is 12.6 Å². The highest BCUT2D eigenvalue weighted by Crippen LogP contribution is 2.37. The summed E-state index contributed by atoms with van der Waals surface area (Å²) in [5.41, 5.74) is 1.08. The van der Waals surface area contributed by atoms with Gasteiger partial charge in [-0.2, -0.15) is 0 Å². The minimum atomic E-state index is -3.90. The van der Waals surface area contributed by atoms with Crippen molar-refractivity contribution in [2.75, 3.05) is 17.1 Å². The van der Waals surface area contributed by atoms with Gasteiger partial charge in [-0.05, 0) is 0 Å². The highest BCUT2D eigenvalue weighted by Gasteiger charge is 2.26. The highest BCUT2D eigenvalue weighted by atomic mass is 32.2. The molecule has 0 aliphatic carbocycles. The molecule has 102 valence electrons. The minimum absolute atomic E-state index is 0.0991. The molecule has 0 fully saturated rings. The smallest absolute Gasteiger partial charge is 0.304 e. The summed E-state index contributed by atoms with van der Waals surface area (Å²) in [6.45, 7) is 0. The average molecular weight is 321 g/mol. The largest absolute Gasteiger partial charge is 0.374 e. The summed E-state index contributed by atoms with van der Waals surface area (Å²) in [5.74, 6) is 0. The van der Waals surface area contributed by atoms with Gasteiger partial charge in [0, 0.05) is 13.1 Å². The van der Waals surface area contributed by atoms with Crippen LogP contribution >= 0.6 is 22.7 Å². The summed E-state index contributed by atoms with van der Waals surface area (Å²) >= 11 is 1.78. The van der Waals surface area contributed by atoms with Crippen molar-refractivity contribution in [3.05, 3.63) is 21.7 Å². The first-order chi connectivity index (χ1) is 8.94. The first kappa shape index (κ1) is 13.6. The zero-order chi connectivity index (χ0) is 14.0. The van der Waals surface area contributed by atoms with E-state index in [4.69, 9.17) is 0 Å². The van der Waals surface area contributed by atoms with E-state index in [9.17, 15) is 18.5 Å². The van der Waals surface area contributed by atoms with Crippen LogP contribution < -0.4 is 10.0 Å². The van der Waals surface area contributed by atoms with Crippen molar-refractivity contribution in [2.45, 2.75) is 4.21 Å². The van der Waals surface area contributed by atoms with Crippen molar-refractivity contribution in [1.82, 2.24) is 10.2 Å². The molecule has 2 heterocycles. The lowest BCUT2D eigenvalue weighted by molar-refractivity contribution is -0.383. The Hall–Kier alpha value is -1.79. The van der Waals surface area contributed by atoms with Crippen LogP contribution in [0.4, 0.5) is 15.8 Å². The first-order valence-corrected chi connectivity index (χ1v) is 7.87. The van der Waals surface area contributed by atoms with Crippen LogP contribution in [0.25, 0.3) is 0 Å². The van der Waals surface area contributed by atoms with Crippen molar-refractivity contribution in [2.24, 2.45) is 0 Å². The molecule has 0 bridgehead atoms. The zero-order valence-corrected chi connectivity index (χ0v) is 11.8. The summed E-state index contributed by atoms with van der Waals surface area (Å²) in [7, 11) is -2.42. The summed E-state index contributed by atoms with van der Waals surface area (Å²) in [6.07, 6.45) is 0. The predicted molar refractivity (Wildman–Crippen MR) is 71.2 cm³/mol. The molecular formula is C7H7N5O4S3. The van der Waals surface area contributed by atoms with Gasteiger partial charge in [0.1, 0.15) is 9.72 Å². The van der Waals surface area contributed by atoms with Gasteiger partial charge < -0.3 is 5.32 Å². The van der Waals surface area contributed by atoms with Crippen LogP contribution in [0.15, 0.2) is 15.8 Å². The van der Waals surface area contributed by atoms with Gasteiger partial charge in [0.2, 0.25) is 5.13 Å². The monoisotopic (exact) mass is 321 g/mol. The number of nitro groups is 1. The van der Waals surface area contributed by atoms with Crippen LogP contribution in [-0.2, 0) is 10.0 Å². The van der Waals surface area contributed by atoms with Crippen molar-refractivity contribution in [1.29, 1.82) is 0 Å². The Morgan fingerprint density at radius 1 is 1.47 bits per heavy atom. The molecule has 0 saturated carbocycles. The summed E-state index contributed by atoms with van der Waals surface area (Å²) in [4.78, 5) is 10.1. The molecule has 0 saturated heterocycles. The van der Waals surface area contributed by atoms with Gasteiger partial charge >= 0.3 is 5.69 Å². The third-order valence-electron chi connectivity index (χ3n) is 1.96. The molecule has 0 aliphatic heterocycles. The number of nitrogens with one attached hydrogen (secondary N) is 2. The maximum Gasteiger partial charge on any atom is 0.304 e. The molecule has 0 amide bonds. The quantitative estimate of drug-likeness (QED) is 0.628. The maximum absolute atomic E-state index is 12.0. The molecule has 2 aromatic heterocycles. The second kappa shape index (κ2) is 5.07. The van der Waals surface area contributed by atoms with Gasteiger partial charge in [-0.3, -0.25) is 14.8 Å². The Balaban J connectivity index is 2.38. The molecule has 0 atom stereocenters. The van der Waals surface area contributed by atoms with Crippen molar-refractivity contribution in [3.8, 4) is 0 Å². The van der Waals surface area contributed by atoms with Crippen molar-refractivity contribution < 1.29 is 13.3 Å². The number of aromatic nitrogens is 2. The summed E-state index contributed by atoms with van der Waals surface area (Å²) < 4.78 is 26.0.